The summed E-state index contributed by atoms with van der Waals surface area (Å²) < 4.78 is 0. The van der Waals surface area contributed by atoms with E-state index in [1.165, 1.54) is 11.8 Å². The number of carboxylic acid groups (broad SMARTS) is 1. The fourth-order valence-electron chi connectivity index (χ4n) is 1.00. The van der Waals surface area contributed by atoms with E-state index in [4.69, 9.17) is 5.11 Å². The van der Waals surface area contributed by atoms with E-state index < -0.39 is 5.97 Å². The quantitative estimate of drug-likeness (QED) is 0.734. The molecular formula is C8H11NO3S. The summed E-state index contributed by atoms with van der Waals surface area (Å²) in [5, 5.41) is 10.2. The topological polar surface area (TPSA) is 57.6 Å². The first kappa shape index (κ1) is 10.1. The summed E-state index contributed by atoms with van der Waals surface area (Å²) in [6.07, 6.45) is 2.33. The maximum Gasteiger partial charge on any atom is 0.303 e. The summed E-state index contributed by atoms with van der Waals surface area (Å²) in [5.41, 5.74) is 0. The Morgan fingerprint density at radius 3 is 3.08 bits per heavy atom. The van der Waals surface area contributed by atoms with E-state index >= 15 is 0 Å². The lowest BCUT2D eigenvalue weighted by molar-refractivity contribution is -0.137. The van der Waals surface area contributed by atoms with Gasteiger partial charge in [-0.3, -0.25) is 9.59 Å². The van der Waals surface area contributed by atoms with Crippen molar-refractivity contribution < 1.29 is 14.7 Å². The molecular weight excluding hydrogens is 190 g/mol. The highest BCUT2D eigenvalue weighted by Crippen LogP contribution is 2.12. The molecule has 0 aromatic heterocycles. The number of carbonyl (C=O) groups excluding carboxylic acids is 1. The lowest BCUT2D eigenvalue weighted by atomic mass is 10.3. The third-order valence-electron chi connectivity index (χ3n) is 1.65. The number of hydrogen-bond acceptors (Lipinski definition) is 3. The fraction of sp³-hybridized carbons (Fsp3) is 0.500. The molecule has 1 N–H and O–H groups in total. The third kappa shape index (κ3) is 3.50. The number of carboxylic acids is 1. The van der Waals surface area contributed by atoms with Crippen molar-refractivity contribution in [2.24, 2.45) is 0 Å². The maximum atomic E-state index is 11.2. The molecule has 0 fully saturated rings. The van der Waals surface area contributed by atoms with Gasteiger partial charge in [-0.25, -0.2) is 0 Å². The molecule has 72 valence electrons. The summed E-state index contributed by atoms with van der Waals surface area (Å²) in [5.74, 6) is -0.301. The molecule has 0 aromatic carbocycles. The lowest BCUT2D eigenvalue weighted by Crippen LogP contribution is -2.30. The molecule has 0 saturated carbocycles. The van der Waals surface area contributed by atoms with Crippen molar-refractivity contribution in [1.29, 1.82) is 0 Å². The van der Waals surface area contributed by atoms with E-state index in [1.807, 2.05) is 5.41 Å². The SMILES string of the molecule is O=C(O)CCCN1C=CSCC1=O. The minimum absolute atomic E-state index is 0.0536. The highest BCUT2D eigenvalue weighted by atomic mass is 32.2. The van der Waals surface area contributed by atoms with Crippen LogP contribution in [0.15, 0.2) is 11.6 Å². The van der Waals surface area contributed by atoms with Gasteiger partial charge in [0.05, 0.1) is 5.75 Å². The highest BCUT2D eigenvalue weighted by Gasteiger charge is 2.13. The second kappa shape index (κ2) is 4.91. The number of aliphatic carboxylic acids is 1. The third-order valence-corrected chi connectivity index (χ3v) is 2.38. The van der Waals surface area contributed by atoms with Crippen LogP contribution in [-0.4, -0.2) is 34.2 Å². The molecule has 0 bridgehead atoms. The van der Waals surface area contributed by atoms with Crippen LogP contribution in [0.4, 0.5) is 0 Å². The van der Waals surface area contributed by atoms with Gasteiger partial charge in [0.2, 0.25) is 5.91 Å². The standard InChI is InChI=1S/C8H11NO3S/c10-7-6-13-5-4-9(7)3-1-2-8(11)12/h4-5H,1-3,6H2,(H,11,12). The smallest absolute Gasteiger partial charge is 0.303 e. The molecule has 0 atom stereocenters. The predicted molar refractivity (Wildman–Crippen MR) is 50.2 cm³/mol. The van der Waals surface area contributed by atoms with Gasteiger partial charge in [0.1, 0.15) is 0 Å². The van der Waals surface area contributed by atoms with Crippen molar-refractivity contribution in [3.8, 4) is 0 Å². The Morgan fingerprint density at radius 2 is 2.46 bits per heavy atom. The van der Waals surface area contributed by atoms with Crippen LogP contribution in [0.25, 0.3) is 0 Å². The fourth-order valence-corrected chi connectivity index (χ4v) is 1.64. The van der Waals surface area contributed by atoms with Crippen molar-refractivity contribution in [1.82, 2.24) is 4.90 Å². The van der Waals surface area contributed by atoms with E-state index in [0.717, 1.165) is 0 Å². The minimum Gasteiger partial charge on any atom is -0.481 e. The Morgan fingerprint density at radius 1 is 1.69 bits per heavy atom. The van der Waals surface area contributed by atoms with E-state index in [1.54, 1.807) is 11.1 Å². The summed E-state index contributed by atoms with van der Waals surface area (Å²) in [6, 6.07) is 0. The van der Waals surface area contributed by atoms with Gasteiger partial charge in [-0.2, -0.15) is 0 Å². The Labute approximate surface area is 80.6 Å². The highest BCUT2D eigenvalue weighted by molar-refractivity contribution is 8.02. The molecule has 13 heavy (non-hydrogen) atoms. The Bertz CT molecular complexity index is 240. The number of carbonyl (C=O) groups is 2. The molecule has 0 radical (unpaired) electrons. The number of thioether (sulfide) groups is 1. The first-order valence-electron chi connectivity index (χ1n) is 3.99. The minimum atomic E-state index is -0.817. The second-order valence-electron chi connectivity index (χ2n) is 2.68. The summed E-state index contributed by atoms with van der Waals surface area (Å²) in [4.78, 5) is 22.9. The second-order valence-corrected chi connectivity index (χ2v) is 3.57. The molecule has 5 heteroatoms. The van der Waals surface area contributed by atoms with Crippen LogP contribution in [0, 0.1) is 0 Å². The van der Waals surface area contributed by atoms with E-state index in [-0.39, 0.29) is 12.3 Å². The van der Waals surface area contributed by atoms with E-state index in [0.29, 0.717) is 18.7 Å². The van der Waals surface area contributed by atoms with Gasteiger partial charge in [-0.15, -0.1) is 11.8 Å². The van der Waals surface area contributed by atoms with Crippen LogP contribution in [0.5, 0.6) is 0 Å². The number of hydrogen-bond donors (Lipinski definition) is 1. The van der Waals surface area contributed by atoms with Gasteiger partial charge in [0.25, 0.3) is 0 Å². The van der Waals surface area contributed by atoms with Crippen molar-refractivity contribution in [3.05, 3.63) is 11.6 Å². The molecule has 0 saturated heterocycles. The molecule has 1 amide bonds. The van der Waals surface area contributed by atoms with Crippen LogP contribution in [0.2, 0.25) is 0 Å². The van der Waals surface area contributed by atoms with Crippen molar-refractivity contribution in [2.75, 3.05) is 12.3 Å². The maximum absolute atomic E-state index is 11.2. The van der Waals surface area contributed by atoms with Gasteiger partial charge >= 0.3 is 5.97 Å². The largest absolute Gasteiger partial charge is 0.481 e. The predicted octanol–water partition coefficient (Wildman–Crippen LogP) is 0.898. The van der Waals surface area contributed by atoms with Crippen molar-refractivity contribution in [3.63, 3.8) is 0 Å². The van der Waals surface area contributed by atoms with E-state index in [9.17, 15) is 9.59 Å². The number of rotatable bonds is 4. The molecule has 4 nitrogen and oxygen atoms in total. The number of nitrogens with zero attached hydrogens (tertiary/aromatic N) is 1. The zero-order valence-electron chi connectivity index (χ0n) is 7.10. The zero-order valence-corrected chi connectivity index (χ0v) is 7.92. The first-order chi connectivity index (χ1) is 6.20. The van der Waals surface area contributed by atoms with Crippen LogP contribution in [-0.2, 0) is 9.59 Å². The lowest BCUT2D eigenvalue weighted by Gasteiger charge is -2.20. The van der Waals surface area contributed by atoms with Gasteiger partial charge in [-0.1, -0.05) is 0 Å². The number of amides is 1. The van der Waals surface area contributed by atoms with Gasteiger partial charge in [0, 0.05) is 19.2 Å². The summed E-state index contributed by atoms with van der Waals surface area (Å²) >= 11 is 1.46. The molecule has 0 aliphatic carbocycles. The molecule has 1 rings (SSSR count). The van der Waals surface area contributed by atoms with Crippen LogP contribution in [0.3, 0.4) is 0 Å². The Balaban J connectivity index is 2.27. The summed E-state index contributed by atoms with van der Waals surface area (Å²) in [7, 11) is 0. The Hall–Kier alpha value is -0.970. The molecule has 1 aliphatic rings. The van der Waals surface area contributed by atoms with Gasteiger partial charge in [0.15, 0.2) is 0 Å². The van der Waals surface area contributed by atoms with Gasteiger partial charge < -0.3 is 10.0 Å². The van der Waals surface area contributed by atoms with Crippen molar-refractivity contribution in [2.45, 2.75) is 12.8 Å². The Kier molecular flexibility index (Phi) is 3.82. The molecule has 0 spiro atoms. The average Bonchev–Trinajstić information content (AvgIpc) is 2.08. The average molecular weight is 201 g/mol. The normalized spacial score (nSPS) is 16.3. The molecule has 1 heterocycles. The monoisotopic (exact) mass is 201 g/mol. The van der Waals surface area contributed by atoms with Crippen LogP contribution < -0.4 is 0 Å². The van der Waals surface area contributed by atoms with Crippen LogP contribution >= 0.6 is 11.8 Å². The first-order valence-corrected chi connectivity index (χ1v) is 5.04. The van der Waals surface area contributed by atoms with Crippen LogP contribution in [0.1, 0.15) is 12.8 Å². The van der Waals surface area contributed by atoms with Crippen molar-refractivity contribution >= 4 is 23.6 Å². The zero-order chi connectivity index (χ0) is 9.68. The summed E-state index contributed by atoms with van der Waals surface area (Å²) in [6.45, 7) is 0.502. The molecule has 0 unspecified atom stereocenters. The van der Waals surface area contributed by atoms with E-state index in [2.05, 4.69) is 0 Å². The molecule has 0 aromatic rings. The van der Waals surface area contributed by atoms with Gasteiger partial charge in [-0.05, 0) is 11.8 Å². The molecule has 1 aliphatic heterocycles.